The van der Waals surface area contributed by atoms with Crippen LogP contribution in [0.15, 0.2) is 59.5 Å². The van der Waals surface area contributed by atoms with E-state index in [1.165, 1.54) is 5.56 Å². The number of hydrogen-bond donors (Lipinski definition) is 2. The van der Waals surface area contributed by atoms with Gasteiger partial charge < -0.3 is 11.1 Å². The Labute approximate surface area is 147 Å². The normalized spacial score (nSPS) is 12.4. The summed E-state index contributed by atoms with van der Waals surface area (Å²) in [5.74, 6) is 0. The van der Waals surface area contributed by atoms with Crippen LogP contribution in [0.5, 0.6) is 0 Å². The number of aromatic nitrogens is 2. The average molecular weight is 336 g/mol. The first kappa shape index (κ1) is 17.3. The molecule has 130 valence electrons. The fraction of sp³-hybridized carbons (Fsp3) is 0.300. The van der Waals surface area contributed by atoms with E-state index in [0.29, 0.717) is 18.7 Å². The van der Waals surface area contributed by atoms with Crippen molar-refractivity contribution in [2.45, 2.75) is 32.4 Å². The molecule has 25 heavy (non-hydrogen) atoms. The summed E-state index contributed by atoms with van der Waals surface area (Å²) in [6, 6.07) is 15.9. The number of pyridine rings is 1. The summed E-state index contributed by atoms with van der Waals surface area (Å²) in [4.78, 5) is 16.9. The van der Waals surface area contributed by atoms with Crippen molar-refractivity contribution in [3.8, 4) is 0 Å². The molecular formula is C20H24N4O. The first-order chi connectivity index (χ1) is 12.2. The van der Waals surface area contributed by atoms with Crippen LogP contribution in [-0.4, -0.2) is 15.9 Å². The summed E-state index contributed by atoms with van der Waals surface area (Å²) >= 11 is 0. The number of nitrogens with one attached hydrogen (secondary N) is 1. The molecular weight excluding hydrogens is 312 g/mol. The summed E-state index contributed by atoms with van der Waals surface area (Å²) in [6.45, 7) is 3.17. The van der Waals surface area contributed by atoms with Crippen molar-refractivity contribution in [1.82, 2.24) is 14.7 Å². The van der Waals surface area contributed by atoms with Gasteiger partial charge >= 0.3 is 0 Å². The van der Waals surface area contributed by atoms with E-state index < -0.39 is 0 Å². The quantitative estimate of drug-likeness (QED) is 0.695. The predicted molar refractivity (Wildman–Crippen MR) is 101 cm³/mol. The van der Waals surface area contributed by atoms with E-state index >= 15 is 0 Å². The number of benzene rings is 1. The molecule has 0 aliphatic heterocycles. The first-order valence-corrected chi connectivity index (χ1v) is 8.65. The smallest absolute Gasteiger partial charge is 0.258 e. The van der Waals surface area contributed by atoms with Crippen LogP contribution in [0.2, 0.25) is 0 Å². The molecule has 3 rings (SSSR count). The van der Waals surface area contributed by atoms with Crippen molar-refractivity contribution < 1.29 is 0 Å². The lowest BCUT2D eigenvalue weighted by Crippen LogP contribution is -2.24. The monoisotopic (exact) mass is 336 g/mol. The Kier molecular flexibility index (Phi) is 5.58. The Morgan fingerprint density at radius 3 is 2.76 bits per heavy atom. The average Bonchev–Trinajstić information content (AvgIpc) is 2.63. The molecule has 1 aromatic carbocycles. The van der Waals surface area contributed by atoms with E-state index in [-0.39, 0.29) is 11.6 Å². The van der Waals surface area contributed by atoms with Gasteiger partial charge in [-0.2, -0.15) is 0 Å². The van der Waals surface area contributed by atoms with Gasteiger partial charge in [-0.15, -0.1) is 0 Å². The Morgan fingerprint density at radius 2 is 2.00 bits per heavy atom. The zero-order valence-electron chi connectivity index (χ0n) is 14.5. The van der Waals surface area contributed by atoms with Gasteiger partial charge in [-0.05, 0) is 43.5 Å². The molecule has 2 aromatic heterocycles. The number of hydrogen-bond acceptors (Lipinski definition) is 4. The number of aryl methyl sites for hydroxylation is 1. The van der Waals surface area contributed by atoms with Gasteiger partial charge in [0.15, 0.2) is 0 Å². The van der Waals surface area contributed by atoms with Gasteiger partial charge in [0.25, 0.3) is 5.56 Å². The molecule has 0 radical (unpaired) electrons. The molecule has 0 aliphatic rings. The van der Waals surface area contributed by atoms with Crippen LogP contribution in [0.4, 0.5) is 0 Å². The maximum atomic E-state index is 12.3. The van der Waals surface area contributed by atoms with E-state index in [0.717, 1.165) is 24.1 Å². The number of nitrogens with two attached hydrogens (primary N) is 1. The van der Waals surface area contributed by atoms with Crippen LogP contribution in [0.1, 0.15) is 35.7 Å². The minimum atomic E-state index is -0.0521. The van der Waals surface area contributed by atoms with Gasteiger partial charge in [0.05, 0.1) is 5.69 Å². The first-order valence-electron chi connectivity index (χ1n) is 8.65. The SMILES string of the molecule is Cc1ccc2nc(CNC(CCCN)c3ccccc3)cc(=O)n2c1. The summed E-state index contributed by atoms with van der Waals surface area (Å²) in [6.07, 6.45) is 3.71. The number of rotatable bonds is 7. The highest BCUT2D eigenvalue weighted by Crippen LogP contribution is 2.18. The number of nitrogens with zero attached hydrogens (tertiary/aromatic N) is 2. The Hall–Kier alpha value is -2.50. The van der Waals surface area contributed by atoms with Gasteiger partial charge in [-0.3, -0.25) is 9.20 Å². The van der Waals surface area contributed by atoms with Gasteiger partial charge in [-0.25, -0.2) is 4.98 Å². The van der Waals surface area contributed by atoms with E-state index in [1.807, 2.05) is 43.5 Å². The van der Waals surface area contributed by atoms with Crippen molar-refractivity contribution in [2.24, 2.45) is 5.73 Å². The summed E-state index contributed by atoms with van der Waals surface area (Å²) in [7, 11) is 0. The molecule has 0 bridgehead atoms. The fourth-order valence-corrected chi connectivity index (χ4v) is 2.97. The molecule has 2 heterocycles. The standard InChI is InChI=1S/C20H24N4O/c1-15-9-10-19-23-17(12-20(25)24(19)14-15)13-22-18(8-5-11-21)16-6-3-2-4-7-16/h2-4,6-7,9-10,12,14,18,22H,5,8,11,13,21H2,1H3. The van der Waals surface area contributed by atoms with Crippen molar-refractivity contribution >= 4 is 5.65 Å². The highest BCUT2D eigenvalue weighted by Gasteiger charge is 2.11. The van der Waals surface area contributed by atoms with Crippen LogP contribution in [0, 0.1) is 6.92 Å². The Bertz CT molecular complexity index is 889. The zero-order valence-corrected chi connectivity index (χ0v) is 14.5. The van der Waals surface area contributed by atoms with Crippen molar-refractivity contribution in [2.75, 3.05) is 6.54 Å². The highest BCUT2D eigenvalue weighted by atomic mass is 16.1. The molecule has 0 aliphatic carbocycles. The minimum absolute atomic E-state index is 0.0521. The van der Waals surface area contributed by atoms with E-state index in [2.05, 4.69) is 22.4 Å². The second kappa shape index (κ2) is 8.05. The van der Waals surface area contributed by atoms with E-state index in [9.17, 15) is 4.79 Å². The third-order valence-corrected chi connectivity index (χ3v) is 4.29. The Morgan fingerprint density at radius 1 is 1.20 bits per heavy atom. The summed E-state index contributed by atoms with van der Waals surface area (Å²) in [5, 5.41) is 3.52. The summed E-state index contributed by atoms with van der Waals surface area (Å²) < 4.78 is 1.59. The third kappa shape index (κ3) is 4.32. The van der Waals surface area contributed by atoms with Gasteiger partial charge in [0.1, 0.15) is 5.65 Å². The maximum Gasteiger partial charge on any atom is 0.258 e. The molecule has 5 heteroatoms. The molecule has 3 aromatic rings. The lowest BCUT2D eigenvalue weighted by atomic mass is 10.0. The van der Waals surface area contributed by atoms with Crippen LogP contribution in [0.25, 0.3) is 5.65 Å². The largest absolute Gasteiger partial charge is 0.330 e. The lowest BCUT2D eigenvalue weighted by Gasteiger charge is -2.19. The van der Waals surface area contributed by atoms with Crippen LogP contribution in [0.3, 0.4) is 0 Å². The van der Waals surface area contributed by atoms with Gasteiger partial charge in [0, 0.05) is 24.8 Å². The minimum Gasteiger partial charge on any atom is -0.330 e. The molecule has 1 atom stereocenters. The highest BCUT2D eigenvalue weighted by molar-refractivity contribution is 5.39. The Balaban J connectivity index is 1.79. The third-order valence-electron chi connectivity index (χ3n) is 4.29. The molecule has 0 fully saturated rings. The maximum absolute atomic E-state index is 12.3. The van der Waals surface area contributed by atoms with Crippen molar-refractivity contribution in [3.63, 3.8) is 0 Å². The van der Waals surface area contributed by atoms with E-state index in [4.69, 9.17) is 5.73 Å². The van der Waals surface area contributed by atoms with Crippen LogP contribution < -0.4 is 16.6 Å². The van der Waals surface area contributed by atoms with Gasteiger partial charge in [0.2, 0.25) is 0 Å². The molecule has 5 nitrogen and oxygen atoms in total. The van der Waals surface area contributed by atoms with E-state index in [1.54, 1.807) is 10.5 Å². The molecule has 0 spiro atoms. The molecule has 0 amide bonds. The molecule has 1 unspecified atom stereocenters. The van der Waals surface area contributed by atoms with Crippen molar-refractivity contribution in [1.29, 1.82) is 0 Å². The molecule has 0 saturated carbocycles. The zero-order chi connectivity index (χ0) is 17.6. The number of fused-ring (bicyclic) bond motifs is 1. The topological polar surface area (TPSA) is 72.4 Å². The molecule has 3 N–H and O–H groups in total. The fourth-order valence-electron chi connectivity index (χ4n) is 2.97. The van der Waals surface area contributed by atoms with Gasteiger partial charge in [-0.1, -0.05) is 36.4 Å². The second-order valence-corrected chi connectivity index (χ2v) is 6.30. The van der Waals surface area contributed by atoms with Crippen molar-refractivity contribution in [3.05, 3.63) is 81.9 Å². The summed E-state index contributed by atoms with van der Waals surface area (Å²) in [5.41, 5.74) is 9.31. The second-order valence-electron chi connectivity index (χ2n) is 6.30. The van der Waals surface area contributed by atoms with Crippen LogP contribution in [-0.2, 0) is 6.54 Å². The van der Waals surface area contributed by atoms with Crippen LogP contribution >= 0.6 is 0 Å². The molecule has 0 saturated heterocycles. The predicted octanol–water partition coefficient (Wildman–Crippen LogP) is 2.57. The lowest BCUT2D eigenvalue weighted by molar-refractivity contribution is 0.483.